The van der Waals surface area contributed by atoms with Crippen molar-refractivity contribution in [3.63, 3.8) is 0 Å². The van der Waals surface area contributed by atoms with Crippen molar-refractivity contribution in [3.8, 4) is 0 Å². The first-order valence-corrected chi connectivity index (χ1v) is 4.77. The van der Waals surface area contributed by atoms with Gasteiger partial charge in [-0.25, -0.2) is 13.6 Å². The first-order valence-electron chi connectivity index (χ1n) is 3.05. The van der Waals surface area contributed by atoms with Crippen LogP contribution in [0.2, 0.25) is 0 Å². The highest BCUT2D eigenvalue weighted by Crippen LogP contribution is 1.91. The first-order chi connectivity index (χ1) is 4.56. The molecule has 5 heteroatoms. The Kier molecular flexibility index (Phi) is 4.59. The summed E-state index contributed by atoms with van der Waals surface area (Å²) in [4.78, 5) is 0. The van der Waals surface area contributed by atoms with Crippen molar-refractivity contribution in [1.82, 2.24) is 0 Å². The molecule has 4 nitrogen and oxygen atoms in total. The minimum absolute atomic E-state index is 0.0519. The van der Waals surface area contributed by atoms with Crippen molar-refractivity contribution in [2.45, 2.75) is 12.8 Å². The summed E-state index contributed by atoms with van der Waals surface area (Å²) in [7, 11) is -1.68. The molecule has 62 valence electrons. The van der Waals surface area contributed by atoms with Crippen LogP contribution in [0.3, 0.4) is 0 Å². The molecule has 0 amide bonds. The van der Waals surface area contributed by atoms with Crippen molar-refractivity contribution in [2.75, 3.05) is 19.5 Å². The average molecular weight is 167 g/mol. The molecular weight excluding hydrogens is 154 g/mol. The van der Waals surface area contributed by atoms with E-state index in [0.29, 0.717) is 13.0 Å². The third-order valence-corrected chi connectivity index (χ3v) is 1.89. The van der Waals surface area contributed by atoms with E-state index in [9.17, 15) is 8.42 Å². The molecule has 0 heterocycles. The second kappa shape index (κ2) is 4.65. The number of ether oxygens (including phenoxy) is 1. The van der Waals surface area contributed by atoms with Crippen LogP contribution < -0.4 is 5.14 Å². The molecule has 0 saturated carbocycles. The van der Waals surface area contributed by atoms with Crippen molar-refractivity contribution in [3.05, 3.63) is 0 Å². The van der Waals surface area contributed by atoms with E-state index in [1.807, 2.05) is 0 Å². The summed E-state index contributed by atoms with van der Waals surface area (Å²) < 4.78 is 25.4. The Morgan fingerprint density at radius 2 is 2.00 bits per heavy atom. The Labute approximate surface area is 61.4 Å². The Morgan fingerprint density at radius 1 is 1.40 bits per heavy atom. The van der Waals surface area contributed by atoms with Crippen molar-refractivity contribution < 1.29 is 13.2 Å². The zero-order valence-corrected chi connectivity index (χ0v) is 6.86. The molecule has 0 rings (SSSR count). The van der Waals surface area contributed by atoms with Crippen LogP contribution in [0, 0.1) is 0 Å². The third kappa shape index (κ3) is 7.87. The number of primary sulfonamides is 1. The molecular formula is C5H13NO3S. The molecule has 0 aromatic carbocycles. The maximum absolute atomic E-state index is 10.3. The van der Waals surface area contributed by atoms with Gasteiger partial charge < -0.3 is 4.74 Å². The maximum atomic E-state index is 10.3. The lowest BCUT2D eigenvalue weighted by atomic mass is 10.4. The normalized spacial score (nSPS) is 11.8. The quantitative estimate of drug-likeness (QED) is 0.571. The zero-order chi connectivity index (χ0) is 8.04. The topological polar surface area (TPSA) is 69.4 Å². The fourth-order valence-electron chi connectivity index (χ4n) is 0.550. The third-order valence-electron chi connectivity index (χ3n) is 1.03. The molecule has 0 unspecified atom stereocenters. The number of methoxy groups -OCH3 is 1. The Morgan fingerprint density at radius 3 is 2.40 bits per heavy atom. The van der Waals surface area contributed by atoms with E-state index in [2.05, 4.69) is 0 Å². The van der Waals surface area contributed by atoms with Crippen molar-refractivity contribution >= 4 is 10.0 Å². The van der Waals surface area contributed by atoms with Crippen LogP contribution in [0.1, 0.15) is 12.8 Å². The molecule has 0 aromatic heterocycles. The largest absolute Gasteiger partial charge is 0.385 e. The molecule has 0 saturated heterocycles. The van der Waals surface area contributed by atoms with Gasteiger partial charge in [-0.1, -0.05) is 0 Å². The predicted octanol–water partition coefficient (Wildman–Crippen LogP) is -0.298. The molecule has 0 aliphatic rings. The fraction of sp³-hybridized carbons (Fsp3) is 1.00. The molecule has 0 spiro atoms. The monoisotopic (exact) mass is 167 g/mol. The highest BCUT2D eigenvalue weighted by Gasteiger charge is 2.00. The van der Waals surface area contributed by atoms with E-state index in [1.54, 1.807) is 7.11 Å². The second-order valence-corrected chi connectivity index (χ2v) is 3.80. The van der Waals surface area contributed by atoms with Gasteiger partial charge in [-0.2, -0.15) is 0 Å². The van der Waals surface area contributed by atoms with E-state index in [4.69, 9.17) is 9.88 Å². The smallest absolute Gasteiger partial charge is 0.209 e. The van der Waals surface area contributed by atoms with E-state index in [-0.39, 0.29) is 5.75 Å². The number of sulfonamides is 1. The summed E-state index contributed by atoms with van der Waals surface area (Å²) >= 11 is 0. The van der Waals surface area contributed by atoms with Crippen LogP contribution in [-0.4, -0.2) is 27.9 Å². The van der Waals surface area contributed by atoms with Gasteiger partial charge in [0, 0.05) is 13.7 Å². The van der Waals surface area contributed by atoms with Crippen LogP contribution >= 0.6 is 0 Å². The first kappa shape index (κ1) is 9.87. The predicted molar refractivity (Wildman–Crippen MR) is 39.1 cm³/mol. The molecule has 0 radical (unpaired) electrons. The van der Waals surface area contributed by atoms with Crippen LogP contribution in [0.4, 0.5) is 0 Å². The van der Waals surface area contributed by atoms with E-state index >= 15 is 0 Å². The number of unbranched alkanes of at least 4 members (excludes halogenated alkanes) is 1. The molecule has 0 aliphatic carbocycles. The molecule has 0 aromatic rings. The number of rotatable bonds is 5. The highest BCUT2D eigenvalue weighted by atomic mass is 32.2. The van der Waals surface area contributed by atoms with Gasteiger partial charge in [0.1, 0.15) is 0 Å². The summed E-state index contributed by atoms with van der Waals surface area (Å²) in [5, 5.41) is 4.75. The summed E-state index contributed by atoms with van der Waals surface area (Å²) in [5.74, 6) is 0.0519. The summed E-state index contributed by atoms with van der Waals surface area (Å²) in [6, 6.07) is 0. The van der Waals surface area contributed by atoms with E-state index < -0.39 is 10.0 Å². The number of hydrogen-bond donors (Lipinski definition) is 1. The maximum Gasteiger partial charge on any atom is 0.209 e. The minimum atomic E-state index is -3.26. The Balaban J connectivity index is 3.21. The summed E-state index contributed by atoms with van der Waals surface area (Å²) in [6.45, 7) is 0.593. The second-order valence-electron chi connectivity index (χ2n) is 2.07. The number of hydrogen-bond acceptors (Lipinski definition) is 3. The molecule has 0 fully saturated rings. The van der Waals surface area contributed by atoms with Gasteiger partial charge in [0.2, 0.25) is 10.0 Å². The van der Waals surface area contributed by atoms with Crippen molar-refractivity contribution in [2.24, 2.45) is 5.14 Å². The van der Waals surface area contributed by atoms with Crippen LogP contribution in [-0.2, 0) is 14.8 Å². The number of nitrogens with two attached hydrogens (primary N) is 1. The van der Waals surface area contributed by atoms with Gasteiger partial charge in [-0.15, -0.1) is 0 Å². The van der Waals surface area contributed by atoms with Gasteiger partial charge in [0.15, 0.2) is 0 Å². The Bertz CT molecular complexity index is 164. The molecule has 2 N–H and O–H groups in total. The lowest BCUT2D eigenvalue weighted by Gasteiger charge is -1.96. The minimum Gasteiger partial charge on any atom is -0.385 e. The van der Waals surface area contributed by atoms with Crippen LogP contribution in [0.5, 0.6) is 0 Å². The summed E-state index contributed by atoms with van der Waals surface area (Å²) in [5.41, 5.74) is 0. The highest BCUT2D eigenvalue weighted by molar-refractivity contribution is 7.89. The van der Waals surface area contributed by atoms with Crippen molar-refractivity contribution in [1.29, 1.82) is 0 Å². The lowest BCUT2D eigenvalue weighted by molar-refractivity contribution is 0.194. The average Bonchev–Trinajstić information content (AvgIpc) is 1.78. The standard InChI is InChI=1S/C5H13NO3S/c1-9-4-2-3-5-10(6,7)8/h2-5H2,1H3,(H2,6,7,8). The van der Waals surface area contributed by atoms with Gasteiger partial charge in [0.05, 0.1) is 5.75 Å². The van der Waals surface area contributed by atoms with E-state index in [0.717, 1.165) is 6.42 Å². The summed E-state index contributed by atoms with van der Waals surface area (Å²) in [6.07, 6.45) is 1.32. The van der Waals surface area contributed by atoms with Gasteiger partial charge in [-0.05, 0) is 12.8 Å². The zero-order valence-electron chi connectivity index (χ0n) is 6.04. The van der Waals surface area contributed by atoms with Gasteiger partial charge in [-0.3, -0.25) is 0 Å². The van der Waals surface area contributed by atoms with E-state index in [1.165, 1.54) is 0 Å². The van der Waals surface area contributed by atoms with Gasteiger partial charge >= 0.3 is 0 Å². The molecule has 0 aliphatic heterocycles. The van der Waals surface area contributed by atoms with Crippen LogP contribution in [0.25, 0.3) is 0 Å². The lowest BCUT2D eigenvalue weighted by Crippen LogP contribution is -2.16. The molecule has 0 bridgehead atoms. The molecule has 10 heavy (non-hydrogen) atoms. The SMILES string of the molecule is COCCCCS(N)(=O)=O. The van der Waals surface area contributed by atoms with Gasteiger partial charge in [0.25, 0.3) is 0 Å². The molecule has 0 atom stereocenters. The van der Waals surface area contributed by atoms with Crippen LogP contribution in [0.15, 0.2) is 0 Å². The Hall–Kier alpha value is -0.130. The fourth-order valence-corrected chi connectivity index (χ4v) is 1.16.